The van der Waals surface area contributed by atoms with Crippen molar-refractivity contribution in [3.05, 3.63) is 30.3 Å². The first-order valence-corrected chi connectivity index (χ1v) is 4.92. The van der Waals surface area contributed by atoms with Crippen molar-refractivity contribution in [2.24, 2.45) is 0 Å². The number of quaternary nitrogens is 1. The van der Waals surface area contributed by atoms with Gasteiger partial charge < -0.3 is 5.32 Å². The summed E-state index contributed by atoms with van der Waals surface area (Å²) in [5.74, 6) is 0. The average Bonchev–Trinajstić information content (AvgIpc) is 2.20. The van der Waals surface area contributed by atoms with E-state index in [1.165, 1.54) is 18.8 Å². The van der Waals surface area contributed by atoms with Crippen LogP contribution in [0, 0.1) is 0 Å². The Morgan fingerprint density at radius 1 is 1.08 bits per heavy atom. The van der Waals surface area contributed by atoms with Gasteiger partial charge in [-0.15, -0.1) is 0 Å². The number of piperazine rings is 1. The predicted molar refractivity (Wildman–Crippen MR) is 56.8 cm³/mol. The Balaban J connectivity index is 2.23. The zero-order chi connectivity index (χ0) is 9.15. The highest BCUT2D eigenvalue weighted by Gasteiger charge is 2.26. The van der Waals surface area contributed by atoms with Gasteiger partial charge in [0.15, 0.2) is 0 Å². The molecule has 2 heteroatoms. The first-order chi connectivity index (χ1) is 6.31. The van der Waals surface area contributed by atoms with Crippen LogP contribution in [0.5, 0.6) is 0 Å². The third kappa shape index (κ3) is 1.74. The van der Waals surface area contributed by atoms with E-state index in [1.54, 1.807) is 0 Å². The summed E-state index contributed by atoms with van der Waals surface area (Å²) in [4.78, 5) is 0. The van der Waals surface area contributed by atoms with Crippen molar-refractivity contribution >= 4 is 5.69 Å². The minimum absolute atomic E-state index is 1.08. The highest BCUT2D eigenvalue weighted by molar-refractivity contribution is 5.42. The van der Waals surface area contributed by atoms with Gasteiger partial charge in [-0.3, -0.25) is 4.48 Å². The second-order valence-corrected chi connectivity index (χ2v) is 3.93. The lowest BCUT2D eigenvalue weighted by Crippen LogP contribution is -2.57. The molecule has 0 spiro atoms. The van der Waals surface area contributed by atoms with E-state index in [1.807, 2.05) is 0 Å². The van der Waals surface area contributed by atoms with Gasteiger partial charge in [-0.2, -0.15) is 0 Å². The molecule has 0 aliphatic carbocycles. The fourth-order valence-electron chi connectivity index (χ4n) is 1.93. The Labute approximate surface area is 79.8 Å². The number of nitrogens with one attached hydrogen (secondary N) is 1. The first-order valence-electron chi connectivity index (χ1n) is 4.92. The molecule has 1 aliphatic heterocycles. The minimum Gasteiger partial charge on any atom is -0.306 e. The summed E-state index contributed by atoms with van der Waals surface area (Å²) in [5.41, 5.74) is 1.43. The van der Waals surface area contributed by atoms with Crippen LogP contribution in [0.3, 0.4) is 0 Å². The summed E-state index contributed by atoms with van der Waals surface area (Å²) in [6.07, 6.45) is 0. The van der Waals surface area contributed by atoms with E-state index in [2.05, 4.69) is 42.7 Å². The summed E-state index contributed by atoms with van der Waals surface area (Å²) in [6.45, 7) is 4.66. The molecule has 0 atom stereocenters. The third-order valence-electron chi connectivity index (χ3n) is 2.94. The number of likely N-dealkylation sites (N-methyl/N-ethyl adjacent to an activating group) is 1. The maximum absolute atomic E-state index is 3.39. The van der Waals surface area contributed by atoms with Crippen molar-refractivity contribution in [2.45, 2.75) is 0 Å². The Hall–Kier alpha value is -0.860. The molecule has 1 aromatic rings. The highest BCUT2D eigenvalue weighted by Crippen LogP contribution is 2.20. The number of nitrogens with zero attached hydrogens (tertiary/aromatic N) is 1. The highest BCUT2D eigenvalue weighted by atomic mass is 15.4. The van der Waals surface area contributed by atoms with Gasteiger partial charge in [0, 0.05) is 13.1 Å². The van der Waals surface area contributed by atoms with Crippen molar-refractivity contribution in [1.29, 1.82) is 0 Å². The van der Waals surface area contributed by atoms with E-state index >= 15 is 0 Å². The maximum Gasteiger partial charge on any atom is 0.132 e. The fraction of sp³-hybridized carbons (Fsp3) is 0.455. The van der Waals surface area contributed by atoms with Crippen LogP contribution in [0.1, 0.15) is 0 Å². The molecule has 1 aliphatic rings. The van der Waals surface area contributed by atoms with Crippen LogP contribution >= 0.6 is 0 Å². The molecule has 1 N–H and O–H groups in total. The summed E-state index contributed by atoms with van der Waals surface area (Å²) in [7, 11) is 2.32. The molecule has 0 amide bonds. The van der Waals surface area contributed by atoms with E-state index in [-0.39, 0.29) is 0 Å². The number of rotatable bonds is 1. The molecule has 0 aromatic heterocycles. The Kier molecular flexibility index (Phi) is 2.34. The van der Waals surface area contributed by atoms with Gasteiger partial charge in [-0.1, -0.05) is 18.2 Å². The largest absolute Gasteiger partial charge is 0.306 e. The summed E-state index contributed by atoms with van der Waals surface area (Å²) in [6, 6.07) is 10.8. The molecular formula is C11H17N2+. The van der Waals surface area contributed by atoms with Crippen molar-refractivity contribution in [2.75, 3.05) is 33.2 Å². The standard InChI is InChI=1S/C11H17N2/c1-13(9-7-12-8-10-13)11-5-3-2-4-6-11/h2-6,12H,7-10H2,1H3/q+1. The average molecular weight is 177 g/mol. The Bertz CT molecular complexity index is 263. The normalized spacial score (nSPS) is 21.3. The summed E-state index contributed by atoms with van der Waals surface area (Å²) in [5, 5.41) is 3.39. The molecule has 0 saturated carbocycles. The molecule has 0 unspecified atom stereocenters. The van der Waals surface area contributed by atoms with Crippen LogP contribution in [-0.4, -0.2) is 33.2 Å². The molecule has 1 saturated heterocycles. The number of para-hydroxylation sites is 1. The third-order valence-corrected chi connectivity index (χ3v) is 2.94. The van der Waals surface area contributed by atoms with Crippen molar-refractivity contribution < 1.29 is 0 Å². The van der Waals surface area contributed by atoms with Gasteiger partial charge in [0.05, 0.1) is 20.1 Å². The van der Waals surface area contributed by atoms with E-state index < -0.39 is 0 Å². The maximum atomic E-state index is 3.39. The topological polar surface area (TPSA) is 12.0 Å². The van der Waals surface area contributed by atoms with Crippen LogP contribution in [0.15, 0.2) is 30.3 Å². The number of benzene rings is 1. The molecule has 1 aromatic carbocycles. The molecule has 13 heavy (non-hydrogen) atoms. The molecule has 0 radical (unpaired) electrons. The smallest absolute Gasteiger partial charge is 0.132 e. The Morgan fingerprint density at radius 2 is 1.69 bits per heavy atom. The molecule has 0 bridgehead atoms. The lowest BCUT2D eigenvalue weighted by molar-refractivity contribution is 0.288. The Morgan fingerprint density at radius 3 is 2.31 bits per heavy atom. The first kappa shape index (κ1) is 8.73. The van der Waals surface area contributed by atoms with Crippen LogP contribution in [0.4, 0.5) is 5.69 Å². The van der Waals surface area contributed by atoms with Gasteiger partial charge in [0.25, 0.3) is 0 Å². The zero-order valence-electron chi connectivity index (χ0n) is 8.16. The van der Waals surface area contributed by atoms with Gasteiger partial charge in [-0.25, -0.2) is 0 Å². The van der Waals surface area contributed by atoms with E-state index in [9.17, 15) is 0 Å². The predicted octanol–water partition coefficient (Wildman–Crippen LogP) is 1.23. The van der Waals surface area contributed by atoms with Crippen molar-refractivity contribution in [1.82, 2.24) is 9.80 Å². The van der Waals surface area contributed by atoms with Crippen LogP contribution in [0.2, 0.25) is 0 Å². The van der Waals surface area contributed by atoms with Gasteiger partial charge in [0.1, 0.15) is 5.69 Å². The quantitative estimate of drug-likeness (QED) is 0.636. The molecule has 2 nitrogen and oxygen atoms in total. The van der Waals surface area contributed by atoms with Gasteiger partial charge in [0.2, 0.25) is 0 Å². The number of hydrogen-bond acceptors (Lipinski definition) is 1. The van der Waals surface area contributed by atoms with E-state index in [4.69, 9.17) is 0 Å². The second-order valence-electron chi connectivity index (χ2n) is 3.93. The number of hydrogen-bond donors (Lipinski definition) is 1. The van der Waals surface area contributed by atoms with Crippen molar-refractivity contribution in [3.8, 4) is 0 Å². The lowest BCUT2D eigenvalue weighted by Gasteiger charge is -2.37. The fourth-order valence-corrected chi connectivity index (χ4v) is 1.93. The van der Waals surface area contributed by atoms with Crippen LogP contribution < -0.4 is 9.80 Å². The SMILES string of the molecule is C[N+]1(c2ccccc2)CCNCC1. The van der Waals surface area contributed by atoms with Gasteiger partial charge >= 0.3 is 0 Å². The molecule has 70 valence electrons. The van der Waals surface area contributed by atoms with Crippen LogP contribution in [-0.2, 0) is 0 Å². The molecule has 1 fully saturated rings. The molecule has 1 heterocycles. The summed E-state index contributed by atoms with van der Waals surface area (Å²) < 4.78 is 1.08. The molecular weight excluding hydrogens is 160 g/mol. The van der Waals surface area contributed by atoms with E-state index in [0.717, 1.165) is 17.6 Å². The molecule has 2 rings (SSSR count). The van der Waals surface area contributed by atoms with Crippen LogP contribution in [0.25, 0.3) is 0 Å². The van der Waals surface area contributed by atoms with Gasteiger partial charge in [-0.05, 0) is 12.1 Å². The second kappa shape index (κ2) is 3.48. The zero-order valence-corrected chi connectivity index (χ0v) is 8.16. The summed E-state index contributed by atoms with van der Waals surface area (Å²) >= 11 is 0. The monoisotopic (exact) mass is 177 g/mol. The van der Waals surface area contributed by atoms with Crippen molar-refractivity contribution in [3.63, 3.8) is 0 Å². The minimum atomic E-state index is 1.08. The van der Waals surface area contributed by atoms with E-state index in [0.29, 0.717) is 0 Å². The lowest BCUT2D eigenvalue weighted by atomic mass is 10.2.